The van der Waals surface area contributed by atoms with Crippen molar-refractivity contribution >= 4 is 29.4 Å². The van der Waals surface area contributed by atoms with E-state index in [1.807, 2.05) is 19.1 Å². The number of benzene rings is 1. The van der Waals surface area contributed by atoms with Crippen LogP contribution >= 0.6 is 11.8 Å². The number of urea groups is 1. The Labute approximate surface area is 104 Å². The first-order valence-corrected chi connectivity index (χ1v) is 6.02. The number of thioether (sulfide) groups is 1. The second-order valence-electron chi connectivity index (χ2n) is 3.46. The Kier molecular flexibility index (Phi) is 4.84. The summed E-state index contributed by atoms with van der Waals surface area (Å²) < 4.78 is 0. The Hall–Kier alpha value is -1.69. The Morgan fingerprint density at radius 1 is 1.41 bits per heavy atom. The van der Waals surface area contributed by atoms with Crippen LogP contribution in [0.15, 0.2) is 23.1 Å². The fourth-order valence-electron chi connectivity index (χ4n) is 1.14. The van der Waals surface area contributed by atoms with Gasteiger partial charge in [0.2, 0.25) is 5.91 Å². The predicted octanol–water partition coefficient (Wildman–Crippen LogP) is 1.12. The molecule has 0 aliphatic carbocycles. The summed E-state index contributed by atoms with van der Waals surface area (Å²) in [5.74, 6) is -0.198. The Balaban J connectivity index is 2.53. The molecule has 0 aromatic heterocycles. The summed E-state index contributed by atoms with van der Waals surface area (Å²) in [6.45, 7) is 1.95. The maximum absolute atomic E-state index is 11.3. The van der Waals surface area contributed by atoms with Gasteiger partial charge in [-0.3, -0.25) is 10.1 Å². The maximum atomic E-state index is 11.3. The highest BCUT2D eigenvalue weighted by molar-refractivity contribution is 8.00. The first kappa shape index (κ1) is 13.4. The summed E-state index contributed by atoms with van der Waals surface area (Å²) in [6.07, 6.45) is 0. The number of hydrogen-bond acceptors (Lipinski definition) is 4. The molecule has 1 rings (SSSR count). The van der Waals surface area contributed by atoms with Gasteiger partial charge >= 0.3 is 6.03 Å². The summed E-state index contributed by atoms with van der Waals surface area (Å²) in [7, 11) is 1.45. The molecule has 0 saturated carbocycles. The van der Waals surface area contributed by atoms with Crippen molar-refractivity contribution in [3.63, 3.8) is 0 Å². The fourth-order valence-corrected chi connectivity index (χ4v) is 2.00. The molecule has 3 amide bonds. The van der Waals surface area contributed by atoms with Gasteiger partial charge in [-0.25, -0.2) is 4.79 Å². The van der Waals surface area contributed by atoms with E-state index in [4.69, 9.17) is 5.73 Å². The Morgan fingerprint density at radius 2 is 2.12 bits per heavy atom. The molecule has 0 aliphatic heterocycles. The van der Waals surface area contributed by atoms with E-state index in [1.165, 1.54) is 18.8 Å². The lowest BCUT2D eigenvalue weighted by Crippen LogP contribution is -2.38. The number of hydrogen-bond donors (Lipinski definition) is 3. The Morgan fingerprint density at radius 3 is 2.76 bits per heavy atom. The van der Waals surface area contributed by atoms with E-state index in [2.05, 4.69) is 10.6 Å². The van der Waals surface area contributed by atoms with Crippen molar-refractivity contribution in [3.8, 4) is 0 Å². The van der Waals surface area contributed by atoms with Crippen molar-refractivity contribution in [3.05, 3.63) is 23.8 Å². The third-order valence-corrected chi connectivity index (χ3v) is 3.08. The van der Waals surface area contributed by atoms with E-state index in [-0.39, 0.29) is 11.7 Å². The molecule has 0 spiro atoms. The first-order valence-electron chi connectivity index (χ1n) is 5.03. The van der Waals surface area contributed by atoms with E-state index in [0.29, 0.717) is 5.69 Å². The molecular weight excluding hydrogens is 238 g/mol. The number of carbonyl (C=O) groups excluding carboxylic acids is 2. The molecule has 0 heterocycles. The van der Waals surface area contributed by atoms with Gasteiger partial charge in [0.1, 0.15) is 0 Å². The van der Waals surface area contributed by atoms with Gasteiger partial charge in [-0.2, -0.15) is 0 Å². The van der Waals surface area contributed by atoms with Gasteiger partial charge in [-0.15, -0.1) is 11.8 Å². The van der Waals surface area contributed by atoms with Gasteiger partial charge in [0.15, 0.2) is 0 Å². The molecule has 92 valence electrons. The second kappa shape index (κ2) is 6.15. The van der Waals surface area contributed by atoms with E-state index in [0.717, 1.165) is 10.5 Å². The molecule has 4 N–H and O–H groups in total. The summed E-state index contributed by atoms with van der Waals surface area (Å²) in [5, 5.41) is 4.49. The topological polar surface area (TPSA) is 84.2 Å². The lowest BCUT2D eigenvalue weighted by atomic mass is 10.2. The highest BCUT2D eigenvalue weighted by Crippen LogP contribution is 2.25. The van der Waals surface area contributed by atoms with Crippen molar-refractivity contribution in [2.75, 3.05) is 18.5 Å². The number of nitrogens with one attached hydrogen (secondary N) is 2. The summed E-state index contributed by atoms with van der Waals surface area (Å²) in [5.41, 5.74) is 7.48. The normalized spacial score (nSPS) is 9.76. The van der Waals surface area contributed by atoms with Crippen LogP contribution in [0.25, 0.3) is 0 Å². The van der Waals surface area contributed by atoms with Crippen molar-refractivity contribution in [1.82, 2.24) is 10.6 Å². The van der Waals surface area contributed by atoms with Crippen LogP contribution < -0.4 is 16.4 Å². The average molecular weight is 253 g/mol. The summed E-state index contributed by atoms with van der Waals surface area (Å²) in [4.78, 5) is 23.1. The zero-order valence-corrected chi connectivity index (χ0v) is 10.6. The van der Waals surface area contributed by atoms with Crippen LogP contribution in [-0.2, 0) is 4.79 Å². The SMILES string of the molecule is CNC(=O)NC(=O)CSc1cc(C)ccc1N. The third kappa shape index (κ3) is 4.36. The zero-order valence-electron chi connectivity index (χ0n) is 9.74. The highest BCUT2D eigenvalue weighted by Gasteiger charge is 2.08. The van der Waals surface area contributed by atoms with Crippen LogP contribution in [0, 0.1) is 6.92 Å². The molecule has 5 nitrogen and oxygen atoms in total. The quantitative estimate of drug-likeness (QED) is 0.557. The molecule has 0 bridgehead atoms. The van der Waals surface area contributed by atoms with Crippen molar-refractivity contribution < 1.29 is 9.59 Å². The minimum Gasteiger partial charge on any atom is -0.398 e. The van der Waals surface area contributed by atoms with Crippen molar-refractivity contribution in [1.29, 1.82) is 0 Å². The van der Waals surface area contributed by atoms with Crippen LogP contribution in [0.5, 0.6) is 0 Å². The van der Waals surface area contributed by atoms with Crippen LogP contribution in [0.4, 0.5) is 10.5 Å². The van der Waals surface area contributed by atoms with Gasteiger partial charge in [-0.1, -0.05) is 6.07 Å². The molecule has 17 heavy (non-hydrogen) atoms. The van der Waals surface area contributed by atoms with Crippen LogP contribution in [0.3, 0.4) is 0 Å². The number of imide groups is 1. The number of nitrogens with two attached hydrogens (primary N) is 1. The third-order valence-electron chi connectivity index (χ3n) is 2.01. The molecule has 0 unspecified atom stereocenters. The summed E-state index contributed by atoms with van der Waals surface area (Å²) in [6, 6.07) is 5.11. The lowest BCUT2D eigenvalue weighted by Gasteiger charge is -2.06. The first-order chi connectivity index (χ1) is 8.02. The average Bonchev–Trinajstić information content (AvgIpc) is 2.30. The maximum Gasteiger partial charge on any atom is 0.321 e. The molecule has 0 fully saturated rings. The van der Waals surface area contributed by atoms with E-state index < -0.39 is 6.03 Å². The van der Waals surface area contributed by atoms with E-state index in [9.17, 15) is 9.59 Å². The molecule has 1 aromatic rings. The molecular formula is C11H15N3O2S. The number of carbonyl (C=O) groups is 2. The minimum absolute atomic E-state index is 0.154. The largest absolute Gasteiger partial charge is 0.398 e. The second-order valence-corrected chi connectivity index (χ2v) is 4.47. The van der Waals surface area contributed by atoms with Crippen molar-refractivity contribution in [2.24, 2.45) is 0 Å². The van der Waals surface area contributed by atoms with Gasteiger partial charge in [0, 0.05) is 17.6 Å². The Bertz CT molecular complexity index is 435. The van der Waals surface area contributed by atoms with Gasteiger partial charge in [-0.05, 0) is 24.6 Å². The molecule has 0 radical (unpaired) electrons. The lowest BCUT2D eigenvalue weighted by molar-refractivity contribution is -0.117. The number of amides is 3. The number of aryl methyl sites for hydroxylation is 1. The van der Waals surface area contributed by atoms with Crippen molar-refractivity contribution in [2.45, 2.75) is 11.8 Å². The number of nitrogen functional groups attached to an aromatic ring is 1. The molecule has 6 heteroatoms. The van der Waals surface area contributed by atoms with Gasteiger partial charge < -0.3 is 11.1 Å². The zero-order chi connectivity index (χ0) is 12.8. The monoisotopic (exact) mass is 253 g/mol. The van der Waals surface area contributed by atoms with Crippen LogP contribution in [0.2, 0.25) is 0 Å². The fraction of sp³-hybridized carbons (Fsp3) is 0.273. The van der Waals surface area contributed by atoms with E-state index >= 15 is 0 Å². The van der Waals surface area contributed by atoms with Crippen LogP contribution in [-0.4, -0.2) is 24.7 Å². The summed E-state index contributed by atoms with van der Waals surface area (Å²) >= 11 is 1.30. The standard InChI is InChI=1S/C11H15N3O2S/c1-7-3-4-8(12)9(5-7)17-6-10(15)14-11(16)13-2/h3-5H,6,12H2,1-2H3,(H2,13,14,15,16). The number of anilines is 1. The van der Waals surface area contributed by atoms with Gasteiger partial charge in [0.05, 0.1) is 5.75 Å². The van der Waals surface area contributed by atoms with E-state index in [1.54, 1.807) is 6.07 Å². The predicted molar refractivity (Wildman–Crippen MR) is 68.9 cm³/mol. The van der Waals surface area contributed by atoms with Crippen LogP contribution in [0.1, 0.15) is 5.56 Å². The molecule has 0 atom stereocenters. The smallest absolute Gasteiger partial charge is 0.321 e. The molecule has 0 saturated heterocycles. The minimum atomic E-state index is -0.507. The molecule has 1 aromatic carbocycles. The highest BCUT2D eigenvalue weighted by atomic mass is 32.2. The molecule has 0 aliphatic rings. The van der Waals surface area contributed by atoms with Gasteiger partial charge in [0.25, 0.3) is 0 Å². The number of rotatable bonds is 3.